The Hall–Kier alpha value is -3.68. The van der Waals surface area contributed by atoms with Gasteiger partial charge in [-0.15, -0.1) is 5.10 Å². The first-order chi connectivity index (χ1) is 13.9. The summed E-state index contributed by atoms with van der Waals surface area (Å²) in [6.45, 7) is 0.482. The van der Waals surface area contributed by atoms with Gasteiger partial charge < -0.3 is 5.32 Å². The lowest BCUT2D eigenvalue weighted by Crippen LogP contribution is -2.13. The van der Waals surface area contributed by atoms with Gasteiger partial charge in [-0.1, -0.05) is 35.5 Å². The fourth-order valence-corrected chi connectivity index (χ4v) is 2.95. The van der Waals surface area contributed by atoms with Crippen LogP contribution < -0.4 is 5.32 Å². The number of benzene rings is 3. The zero-order chi connectivity index (χ0) is 20.4. The second-order valence-electron chi connectivity index (χ2n) is 6.47. The molecular weight excluding hydrogens is 381 g/mol. The molecule has 1 amide bonds. The maximum absolute atomic E-state index is 12.8. The SMILES string of the molecule is O=C(Nc1cccc(C(F)(F)F)c1)c1ccc(Cn2nnc3ccccc32)cc1. The van der Waals surface area contributed by atoms with E-state index in [1.54, 1.807) is 28.9 Å². The molecule has 0 spiro atoms. The fraction of sp³-hybridized carbons (Fsp3) is 0.0952. The number of nitrogens with zero attached hydrogens (tertiary/aromatic N) is 3. The van der Waals surface area contributed by atoms with Crippen LogP contribution in [0.2, 0.25) is 0 Å². The molecule has 0 unspecified atom stereocenters. The molecule has 146 valence electrons. The molecule has 0 aliphatic rings. The van der Waals surface area contributed by atoms with Crippen LogP contribution in [0, 0.1) is 0 Å². The van der Waals surface area contributed by atoms with Crippen LogP contribution in [0.1, 0.15) is 21.5 Å². The Morgan fingerprint density at radius 3 is 2.48 bits per heavy atom. The number of carbonyl (C=O) groups is 1. The largest absolute Gasteiger partial charge is 0.416 e. The van der Waals surface area contributed by atoms with E-state index in [0.29, 0.717) is 12.1 Å². The zero-order valence-corrected chi connectivity index (χ0v) is 15.0. The van der Waals surface area contributed by atoms with Gasteiger partial charge in [0.1, 0.15) is 5.52 Å². The first-order valence-electron chi connectivity index (χ1n) is 8.76. The van der Waals surface area contributed by atoms with E-state index >= 15 is 0 Å². The Morgan fingerprint density at radius 1 is 0.966 bits per heavy atom. The molecule has 0 bridgehead atoms. The van der Waals surface area contributed by atoms with Gasteiger partial charge in [-0.25, -0.2) is 4.68 Å². The normalized spacial score (nSPS) is 11.6. The Labute approximate surface area is 163 Å². The van der Waals surface area contributed by atoms with Gasteiger partial charge in [-0.2, -0.15) is 13.2 Å². The standard InChI is InChI=1S/C21H15F3N4O/c22-21(23,24)16-4-3-5-17(12-16)25-20(29)15-10-8-14(9-11-15)13-28-19-7-2-1-6-18(19)26-27-28/h1-12H,13H2,(H,25,29). The molecular formula is C21H15F3N4O. The number of halogens is 3. The van der Waals surface area contributed by atoms with E-state index in [-0.39, 0.29) is 5.69 Å². The highest BCUT2D eigenvalue weighted by atomic mass is 19.4. The zero-order valence-electron chi connectivity index (χ0n) is 15.0. The van der Waals surface area contributed by atoms with Gasteiger partial charge in [0.05, 0.1) is 17.6 Å². The first kappa shape index (κ1) is 18.7. The molecule has 29 heavy (non-hydrogen) atoms. The Balaban J connectivity index is 1.47. The molecule has 0 saturated heterocycles. The maximum atomic E-state index is 12.8. The molecule has 3 aromatic carbocycles. The summed E-state index contributed by atoms with van der Waals surface area (Å²) >= 11 is 0. The van der Waals surface area contributed by atoms with Gasteiger partial charge in [0, 0.05) is 11.3 Å². The lowest BCUT2D eigenvalue weighted by Gasteiger charge is -2.10. The van der Waals surface area contributed by atoms with Gasteiger partial charge in [0.15, 0.2) is 0 Å². The minimum atomic E-state index is -4.46. The van der Waals surface area contributed by atoms with E-state index in [1.165, 1.54) is 12.1 Å². The molecule has 0 aliphatic heterocycles. The van der Waals surface area contributed by atoms with Gasteiger partial charge >= 0.3 is 6.18 Å². The number of nitrogens with one attached hydrogen (secondary N) is 1. The molecule has 0 radical (unpaired) electrons. The van der Waals surface area contributed by atoms with Gasteiger partial charge in [0.2, 0.25) is 0 Å². The Kier molecular flexibility index (Phi) is 4.75. The molecule has 4 rings (SSSR count). The minimum Gasteiger partial charge on any atom is -0.322 e. The van der Waals surface area contributed by atoms with E-state index in [1.807, 2.05) is 24.3 Å². The minimum absolute atomic E-state index is 0.0861. The lowest BCUT2D eigenvalue weighted by molar-refractivity contribution is -0.137. The van der Waals surface area contributed by atoms with Crippen molar-refractivity contribution < 1.29 is 18.0 Å². The average Bonchev–Trinajstić information content (AvgIpc) is 3.11. The molecule has 0 aliphatic carbocycles. The molecule has 0 saturated carbocycles. The quantitative estimate of drug-likeness (QED) is 0.542. The van der Waals surface area contributed by atoms with Crippen LogP contribution >= 0.6 is 0 Å². The highest BCUT2D eigenvalue weighted by Crippen LogP contribution is 2.30. The van der Waals surface area contributed by atoms with Crippen molar-refractivity contribution in [2.75, 3.05) is 5.32 Å². The van der Waals surface area contributed by atoms with Gasteiger partial charge in [0.25, 0.3) is 5.91 Å². The van der Waals surface area contributed by atoms with Crippen LogP contribution in [0.4, 0.5) is 18.9 Å². The van der Waals surface area contributed by atoms with E-state index in [4.69, 9.17) is 0 Å². The number of fused-ring (bicyclic) bond motifs is 1. The van der Waals surface area contributed by atoms with Crippen molar-refractivity contribution in [1.82, 2.24) is 15.0 Å². The Morgan fingerprint density at radius 2 is 1.72 bits per heavy atom. The summed E-state index contributed by atoms with van der Waals surface area (Å²) in [7, 11) is 0. The summed E-state index contributed by atoms with van der Waals surface area (Å²) in [5.74, 6) is -0.484. The maximum Gasteiger partial charge on any atom is 0.416 e. The van der Waals surface area contributed by atoms with E-state index in [0.717, 1.165) is 28.7 Å². The van der Waals surface area contributed by atoms with Crippen molar-refractivity contribution in [3.63, 3.8) is 0 Å². The van der Waals surface area contributed by atoms with Crippen molar-refractivity contribution in [2.24, 2.45) is 0 Å². The third-order valence-corrected chi connectivity index (χ3v) is 4.42. The number of para-hydroxylation sites is 1. The summed E-state index contributed by atoms with van der Waals surface area (Å²) in [4.78, 5) is 12.4. The number of hydrogen-bond acceptors (Lipinski definition) is 3. The van der Waals surface area contributed by atoms with Crippen LogP contribution in [0.5, 0.6) is 0 Å². The van der Waals surface area contributed by atoms with Gasteiger partial charge in [-0.3, -0.25) is 4.79 Å². The van der Waals surface area contributed by atoms with E-state index < -0.39 is 17.6 Å². The third kappa shape index (κ3) is 4.11. The topological polar surface area (TPSA) is 59.8 Å². The van der Waals surface area contributed by atoms with E-state index in [9.17, 15) is 18.0 Å². The number of anilines is 1. The summed E-state index contributed by atoms with van der Waals surface area (Å²) in [5.41, 5.74) is 2.23. The van der Waals surface area contributed by atoms with Crippen LogP contribution in [0.15, 0.2) is 72.8 Å². The number of carbonyl (C=O) groups excluding carboxylic acids is 1. The summed E-state index contributed by atoms with van der Waals surface area (Å²) in [5, 5.41) is 10.7. The van der Waals surface area contributed by atoms with Crippen molar-refractivity contribution in [3.8, 4) is 0 Å². The van der Waals surface area contributed by atoms with Crippen molar-refractivity contribution >= 4 is 22.6 Å². The van der Waals surface area contributed by atoms with Crippen molar-refractivity contribution in [1.29, 1.82) is 0 Å². The first-order valence-corrected chi connectivity index (χ1v) is 8.76. The van der Waals surface area contributed by atoms with Crippen LogP contribution in [-0.2, 0) is 12.7 Å². The van der Waals surface area contributed by atoms with Crippen LogP contribution in [0.25, 0.3) is 11.0 Å². The van der Waals surface area contributed by atoms with E-state index in [2.05, 4.69) is 15.6 Å². The van der Waals surface area contributed by atoms with Gasteiger partial charge in [-0.05, 0) is 48.0 Å². The molecule has 5 nitrogen and oxygen atoms in total. The number of aromatic nitrogens is 3. The molecule has 0 atom stereocenters. The number of hydrogen-bond donors (Lipinski definition) is 1. The molecule has 1 N–H and O–H groups in total. The number of alkyl halides is 3. The monoisotopic (exact) mass is 396 g/mol. The fourth-order valence-electron chi connectivity index (χ4n) is 2.95. The molecule has 8 heteroatoms. The highest BCUT2D eigenvalue weighted by molar-refractivity contribution is 6.04. The molecule has 4 aromatic rings. The van der Waals surface area contributed by atoms with Crippen LogP contribution in [-0.4, -0.2) is 20.9 Å². The second-order valence-corrected chi connectivity index (χ2v) is 6.47. The second kappa shape index (κ2) is 7.38. The molecule has 0 fully saturated rings. The van der Waals surface area contributed by atoms with Crippen molar-refractivity contribution in [2.45, 2.75) is 12.7 Å². The predicted octanol–water partition coefficient (Wildman–Crippen LogP) is 4.75. The predicted molar refractivity (Wildman–Crippen MR) is 102 cm³/mol. The third-order valence-electron chi connectivity index (χ3n) is 4.42. The Bertz CT molecular complexity index is 1170. The lowest BCUT2D eigenvalue weighted by atomic mass is 10.1. The smallest absolute Gasteiger partial charge is 0.322 e. The average molecular weight is 396 g/mol. The number of rotatable bonds is 4. The molecule has 1 aromatic heterocycles. The van der Waals surface area contributed by atoms with Crippen molar-refractivity contribution in [3.05, 3.63) is 89.5 Å². The summed E-state index contributed by atoms with van der Waals surface area (Å²) in [6.07, 6.45) is -4.46. The summed E-state index contributed by atoms with van der Waals surface area (Å²) in [6, 6.07) is 18.9. The van der Waals surface area contributed by atoms with Crippen LogP contribution in [0.3, 0.4) is 0 Å². The number of amides is 1. The molecule has 1 heterocycles. The summed E-state index contributed by atoms with van der Waals surface area (Å²) < 4.78 is 40.2. The highest BCUT2D eigenvalue weighted by Gasteiger charge is 2.30.